The first kappa shape index (κ1) is 8.49. The predicted octanol–water partition coefficient (Wildman–Crippen LogP) is -0.462. The Balaban J connectivity index is 2.27. The average Bonchev–Trinajstić information content (AvgIpc) is 2.07. The van der Waals surface area contributed by atoms with E-state index < -0.39 is 6.10 Å². The molecule has 1 rings (SSSR count). The minimum atomic E-state index is -0.399. The molecule has 0 spiro atoms. The molecular weight excluding hydrogens is 146 g/mol. The van der Waals surface area contributed by atoms with Crippen LogP contribution >= 0.6 is 0 Å². The molecule has 1 saturated heterocycles. The summed E-state index contributed by atoms with van der Waals surface area (Å²) in [6.45, 7) is 4.00. The molecule has 11 heavy (non-hydrogen) atoms. The second-order valence-corrected chi connectivity index (χ2v) is 2.33. The second kappa shape index (κ2) is 4.31. The van der Waals surface area contributed by atoms with Gasteiger partial charge in [-0.15, -0.1) is 0 Å². The zero-order valence-electron chi connectivity index (χ0n) is 6.63. The van der Waals surface area contributed by atoms with Crippen molar-refractivity contribution in [3.8, 4) is 0 Å². The molecule has 0 bridgehead atoms. The number of amides is 1. The van der Waals surface area contributed by atoms with Gasteiger partial charge in [0.1, 0.15) is 0 Å². The first-order valence-electron chi connectivity index (χ1n) is 3.81. The molecule has 0 radical (unpaired) electrons. The molecule has 1 aliphatic heterocycles. The smallest absolute Gasteiger partial charge is 0.251 e. The van der Waals surface area contributed by atoms with Crippen LogP contribution in [0.4, 0.5) is 0 Å². The van der Waals surface area contributed by atoms with Crippen molar-refractivity contribution in [2.24, 2.45) is 0 Å². The number of likely N-dealkylation sites (N-methyl/N-ethyl adjacent to an activating group) is 1. The molecule has 0 aliphatic carbocycles. The fourth-order valence-electron chi connectivity index (χ4n) is 0.927. The first-order chi connectivity index (χ1) is 5.34. The summed E-state index contributed by atoms with van der Waals surface area (Å²) in [5.41, 5.74) is 0. The van der Waals surface area contributed by atoms with E-state index in [1.165, 1.54) is 0 Å². The third-order valence-electron chi connectivity index (χ3n) is 1.46. The molecule has 1 unspecified atom stereocenters. The quantitative estimate of drug-likeness (QED) is 0.593. The van der Waals surface area contributed by atoms with Crippen LogP contribution in [0.1, 0.15) is 6.92 Å². The van der Waals surface area contributed by atoms with Gasteiger partial charge in [-0.05, 0) is 6.92 Å². The summed E-state index contributed by atoms with van der Waals surface area (Å²) in [4.78, 5) is 11.1. The van der Waals surface area contributed by atoms with Crippen LogP contribution in [0.15, 0.2) is 0 Å². The molecule has 4 nitrogen and oxygen atoms in total. The SMILES string of the molecule is CCNC(=O)C1COCCO1. The average molecular weight is 159 g/mol. The monoisotopic (exact) mass is 159 g/mol. The van der Waals surface area contributed by atoms with Crippen LogP contribution in [-0.2, 0) is 14.3 Å². The van der Waals surface area contributed by atoms with Crippen molar-refractivity contribution in [2.45, 2.75) is 13.0 Å². The van der Waals surface area contributed by atoms with Crippen LogP contribution in [-0.4, -0.2) is 38.4 Å². The largest absolute Gasteiger partial charge is 0.376 e. The second-order valence-electron chi connectivity index (χ2n) is 2.33. The maximum absolute atomic E-state index is 11.1. The molecule has 0 aromatic heterocycles. The van der Waals surface area contributed by atoms with Crippen LogP contribution < -0.4 is 5.32 Å². The highest BCUT2D eigenvalue weighted by Gasteiger charge is 2.21. The summed E-state index contributed by atoms with van der Waals surface area (Å²) >= 11 is 0. The van der Waals surface area contributed by atoms with E-state index in [2.05, 4.69) is 5.32 Å². The molecule has 1 heterocycles. The molecule has 64 valence electrons. The Kier molecular flexibility index (Phi) is 3.32. The topological polar surface area (TPSA) is 47.6 Å². The molecule has 1 amide bonds. The summed E-state index contributed by atoms with van der Waals surface area (Å²) in [6.07, 6.45) is -0.399. The van der Waals surface area contributed by atoms with Crippen LogP contribution in [0.25, 0.3) is 0 Å². The van der Waals surface area contributed by atoms with Crippen LogP contribution in [0.3, 0.4) is 0 Å². The third-order valence-corrected chi connectivity index (χ3v) is 1.46. The van der Waals surface area contributed by atoms with Crippen molar-refractivity contribution in [2.75, 3.05) is 26.4 Å². The lowest BCUT2D eigenvalue weighted by molar-refractivity contribution is -0.147. The molecule has 0 saturated carbocycles. The van der Waals surface area contributed by atoms with Gasteiger partial charge in [0.05, 0.1) is 19.8 Å². The third kappa shape index (κ3) is 2.48. The zero-order valence-corrected chi connectivity index (χ0v) is 6.63. The van der Waals surface area contributed by atoms with Crippen molar-refractivity contribution in [3.05, 3.63) is 0 Å². The highest BCUT2D eigenvalue weighted by molar-refractivity contribution is 5.80. The van der Waals surface area contributed by atoms with E-state index in [0.29, 0.717) is 26.4 Å². The highest BCUT2D eigenvalue weighted by atomic mass is 16.6. The Hall–Kier alpha value is -0.610. The van der Waals surface area contributed by atoms with Gasteiger partial charge < -0.3 is 14.8 Å². The first-order valence-corrected chi connectivity index (χ1v) is 3.81. The Bertz CT molecular complexity index is 132. The fourth-order valence-corrected chi connectivity index (χ4v) is 0.927. The predicted molar refractivity (Wildman–Crippen MR) is 39.2 cm³/mol. The van der Waals surface area contributed by atoms with Gasteiger partial charge >= 0.3 is 0 Å². The minimum absolute atomic E-state index is 0.0767. The summed E-state index contributed by atoms with van der Waals surface area (Å²) in [5.74, 6) is -0.0767. The van der Waals surface area contributed by atoms with Crippen molar-refractivity contribution in [3.63, 3.8) is 0 Å². The maximum Gasteiger partial charge on any atom is 0.251 e. The number of hydrogen-bond donors (Lipinski definition) is 1. The molecule has 1 atom stereocenters. The molecular formula is C7H13NO3. The highest BCUT2D eigenvalue weighted by Crippen LogP contribution is 1.99. The zero-order chi connectivity index (χ0) is 8.10. The van der Waals surface area contributed by atoms with Gasteiger partial charge in [0.15, 0.2) is 6.10 Å². The van der Waals surface area contributed by atoms with Crippen LogP contribution in [0.5, 0.6) is 0 Å². The minimum Gasteiger partial charge on any atom is -0.376 e. The summed E-state index contributed by atoms with van der Waals surface area (Å²) in [7, 11) is 0. The number of rotatable bonds is 2. The van der Waals surface area contributed by atoms with E-state index >= 15 is 0 Å². The Morgan fingerprint density at radius 2 is 2.45 bits per heavy atom. The number of hydrogen-bond acceptors (Lipinski definition) is 3. The Labute approximate surface area is 65.9 Å². The fraction of sp³-hybridized carbons (Fsp3) is 0.857. The molecule has 1 fully saturated rings. The van der Waals surface area contributed by atoms with E-state index in [0.717, 1.165) is 0 Å². The standard InChI is InChI=1S/C7H13NO3/c1-2-8-7(9)6-5-10-3-4-11-6/h6H,2-5H2,1H3,(H,8,9). The van der Waals surface area contributed by atoms with Gasteiger partial charge in [-0.1, -0.05) is 0 Å². The van der Waals surface area contributed by atoms with Crippen molar-refractivity contribution in [1.82, 2.24) is 5.32 Å². The number of carbonyl (C=O) groups is 1. The normalized spacial score (nSPS) is 24.6. The van der Waals surface area contributed by atoms with Crippen LogP contribution in [0, 0.1) is 0 Å². The van der Waals surface area contributed by atoms with Gasteiger partial charge in [0.2, 0.25) is 0 Å². The lowest BCUT2D eigenvalue weighted by atomic mass is 10.3. The van der Waals surface area contributed by atoms with Gasteiger partial charge in [-0.25, -0.2) is 0 Å². The molecule has 1 N–H and O–H groups in total. The number of ether oxygens (including phenoxy) is 2. The molecule has 1 aliphatic rings. The van der Waals surface area contributed by atoms with Crippen molar-refractivity contribution < 1.29 is 14.3 Å². The van der Waals surface area contributed by atoms with E-state index in [1.54, 1.807) is 0 Å². The van der Waals surface area contributed by atoms with Crippen LogP contribution in [0.2, 0.25) is 0 Å². The molecule has 0 aromatic carbocycles. The maximum atomic E-state index is 11.1. The number of carbonyl (C=O) groups excluding carboxylic acids is 1. The van der Waals surface area contributed by atoms with Gasteiger partial charge in [0, 0.05) is 6.54 Å². The lowest BCUT2D eigenvalue weighted by Gasteiger charge is -2.21. The van der Waals surface area contributed by atoms with E-state index in [9.17, 15) is 4.79 Å². The lowest BCUT2D eigenvalue weighted by Crippen LogP contribution is -2.42. The Morgan fingerprint density at radius 1 is 1.64 bits per heavy atom. The van der Waals surface area contributed by atoms with Gasteiger partial charge in [0.25, 0.3) is 5.91 Å². The summed E-state index contributed by atoms with van der Waals surface area (Å²) < 4.78 is 10.2. The van der Waals surface area contributed by atoms with E-state index in [1.807, 2.05) is 6.92 Å². The van der Waals surface area contributed by atoms with Crippen molar-refractivity contribution >= 4 is 5.91 Å². The molecule has 4 heteroatoms. The summed E-state index contributed by atoms with van der Waals surface area (Å²) in [5, 5.41) is 2.67. The summed E-state index contributed by atoms with van der Waals surface area (Å²) in [6, 6.07) is 0. The number of nitrogens with one attached hydrogen (secondary N) is 1. The van der Waals surface area contributed by atoms with Gasteiger partial charge in [-0.3, -0.25) is 4.79 Å². The van der Waals surface area contributed by atoms with Crippen molar-refractivity contribution in [1.29, 1.82) is 0 Å². The Morgan fingerprint density at radius 3 is 3.00 bits per heavy atom. The van der Waals surface area contributed by atoms with Gasteiger partial charge in [-0.2, -0.15) is 0 Å². The molecule has 0 aromatic rings. The van der Waals surface area contributed by atoms with E-state index in [4.69, 9.17) is 9.47 Å². The van der Waals surface area contributed by atoms with E-state index in [-0.39, 0.29) is 5.91 Å².